The van der Waals surface area contributed by atoms with E-state index in [1.54, 1.807) is 60.7 Å². The third-order valence-electron chi connectivity index (χ3n) is 3.58. The number of benzene rings is 2. The topological polar surface area (TPSA) is 124 Å². The van der Waals surface area contributed by atoms with Crippen molar-refractivity contribution in [1.82, 2.24) is 0 Å². The molecular weight excluding hydrogens is 315 g/mol. The van der Waals surface area contributed by atoms with Crippen LogP contribution in [-0.4, -0.2) is 17.2 Å². The van der Waals surface area contributed by atoms with Crippen LogP contribution in [0.3, 0.4) is 0 Å². The predicted molar refractivity (Wildman–Crippen MR) is 93.8 cm³/mol. The second kappa shape index (κ2) is 8.33. The lowest BCUT2D eigenvalue weighted by Gasteiger charge is -2.11. The van der Waals surface area contributed by atoms with E-state index in [4.69, 9.17) is 15.8 Å². The van der Waals surface area contributed by atoms with Crippen LogP contribution in [0.2, 0.25) is 0 Å². The van der Waals surface area contributed by atoms with E-state index in [2.05, 4.69) is 5.32 Å². The first-order valence-corrected chi connectivity index (χ1v) is 7.33. The highest BCUT2D eigenvalue weighted by Gasteiger charge is 2.14. The van der Waals surface area contributed by atoms with Gasteiger partial charge in [-0.05, 0) is 28.7 Å². The zero-order valence-electron chi connectivity index (χ0n) is 13.1. The zero-order valence-corrected chi connectivity index (χ0v) is 13.1. The summed E-state index contributed by atoms with van der Waals surface area (Å²) in [6.45, 7) is 0.385. The Balaban J connectivity index is 2.18. The van der Waals surface area contributed by atoms with Crippen LogP contribution in [0.5, 0.6) is 0 Å². The number of nitrogens with zero attached hydrogens (tertiary/aromatic N) is 3. The fourth-order valence-electron chi connectivity index (χ4n) is 2.30. The molecule has 0 radical (unpaired) electrons. The Morgan fingerprint density at radius 1 is 0.920 bits per heavy atom. The smallest absolute Gasteiger partial charge is 0.423 e. The van der Waals surface area contributed by atoms with Crippen LogP contribution in [0.15, 0.2) is 54.1 Å². The summed E-state index contributed by atoms with van der Waals surface area (Å²) < 4.78 is 0. The van der Waals surface area contributed by atoms with Gasteiger partial charge in [0, 0.05) is 12.2 Å². The molecule has 2 rings (SSSR count). The summed E-state index contributed by atoms with van der Waals surface area (Å²) in [6.07, 6.45) is 0. The third kappa shape index (κ3) is 4.25. The molecule has 120 valence electrons. The Labute approximate surface area is 145 Å². The third-order valence-corrected chi connectivity index (χ3v) is 3.58. The summed E-state index contributed by atoms with van der Waals surface area (Å²) in [7, 11) is -1.54. The minimum atomic E-state index is -1.54. The van der Waals surface area contributed by atoms with Crippen LogP contribution in [-0.2, 0) is 6.54 Å². The highest BCUT2D eigenvalue weighted by Crippen LogP contribution is 2.20. The maximum Gasteiger partial charge on any atom is 0.488 e. The van der Waals surface area contributed by atoms with Crippen molar-refractivity contribution in [3.05, 3.63) is 65.2 Å². The van der Waals surface area contributed by atoms with Crippen LogP contribution in [0.1, 0.15) is 11.1 Å². The molecule has 6 nitrogen and oxygen atoms in total. The Hall–Kier alpha value is -3.57. The number of nitriles is 3. The van der Waals surface area contributed by atoms with Crippen molar-refractivity contribution < 1.29 is 10.0 Å². The van der Waals surface area contributed by atoms with Crippen LogP contribution in [0, 0.1) is 34.0 Å². The van der Waals surface area contributed by atoms with E-state index in [0.717, 1.165) is 11.3 Å². The largest absolute Gasteiger partial charge is 0.488 e. The molecule has 0 heterocycles. The number of hydrogen-bond donors (Lipinski definition) is 3. The molecule has 0 aliphatic rings. The molecule has 0 amide bonds. The molecule has 2 aromatic carbocycles. The maximum absolute atomic E-state index is 9.36. The molecule has 0 unspecified atom stereocenters. The predicted octanol–water partition coefficient (Wildman–Crippen LogP) is 1.30. The lowest BCUT2D eigenvalue weighted by molar-refractivity contribution is 0.425. The van der Waals surface area contributed by atoms with Crippen LogP contribution >= 0.6 is 0 Å². The van der Waals surface area contributed by atoms with Crippen molar-refractivity contribution in [2.45, 2.75) is 6.54 Å². The van der Waals surface area contributed by atoms with Gasteiger partial charge in [0.1, 0.15) is 23.8 Å². The summed E-state index contributed by atoms with van der Waals surface area (Å²) >= 11 is 0. The summed E-state index contributed by atoms with van der Waals surface area (Å²) in [5.74, 6) is 0. The van der Waals surface area contributed by atoms with E-state index in [0.29, 0.717) is 17.6 Å². The Morgan fingerprint density at radius 3 is 2.12 bits per heavy atom. The van der Waals surface area contributed by atoms with E-state index in [1.807, 2.05) is 6.07 Å². The highest BCUT2D eigenvalue weighted by molar-refractivity contribution is 6.59. The van der Waals surface area contributed by atoms with Gasteiger partial charge in [0.2, 0.25) is 0 Å². The highest BCUT2D eigenvalue weighted by atomic mass is 16.4. The molecule has 25 heavy (non-hydrogen) atoms. The molecule has 0 bridgehead atoms. The van der Waals surface area contributed by atoms with Crippen molar-refractivity contribution >= 4 is 23.8 Å². The number of nitrogens with one attached hydrogen (secondary N) is 1. The number of anilines is 1. The molecule has 7 heteroatoms. The summed E-state index contributed by atoms with van der Waals surface area (Å²) in [4.78, 5) is 0. The average molecular weight is 328 g/mol. The number of hydrogen-bond acceptors (Lipinski definition) is 6. The first-order valence-electron chi connectivity index (χ1n) is 7.33. The van der Waals surface area contributed by atoms with Crippen LogP contribution in [0.4, 0.5) is 5.69 Å². The van der Waals surface area contributed by atoms with E-state index in [9.17, 15) is 10.0 Å². The Kier molecular flexibility index (Phi) is 5.93. The fourth-order valence-corrected chi connectivity index (χ4v) is 2.30. The molecule has 0 saturated carbocycles. The maximum atomic E-state index is 9.36. The van der Waals surface area contributed by atoms with Gasteiger partial charge in [-0.1, -0.05) is 36.4 Å². The monoisotopic (exact) mass is 328 g/mol. The molecule has 2 aromatic rings. The van der Waals surface area contributed by atoms with Gasteiger partial charge in [0.25, 0.3) is 0 Å². The molecule has 0 saturated heterocycles. The van der Waals surface area contributed by atoms with Crippen molar-refractivity contribution in [3.63, 3.8) is 0 Å². The van der Waals surface area contributed by atoms with Gasteiger partial charge < -0.3 is 15.4 Å². The lowest BCUT2D eigenvalue weighted by Crippen LogP contribution is -2.33. The van der Waals surface area contributed by atoms with Gasteiger partial charge in [-0.3, -0.25) is 0 Å². The van der Waals surface area contributed by atoms with Gasteiger partial charge in [-0.2, -0.15) is 15.8 Å². The molecule has 0 fully saturated rings. The van der Waals surface area contributed by atoms with Crippen molar-refractivity contribution in [3.8, 4) is 18.2 Å². The zero-order chi connectivity index (χ0) is 18.2. The standard InChI is InChI=1S/C18H13BN4O2/c20-9-15(10-21)17(11-22)13-5-7-16(8-6-13)23-12-14-3-1-2-4-18(14)19(24)25/h1-8,23-25H,12H2. The second-order valence-electron chi connectivity index (χ2n) is 5.09. The quantitative estimate of drug-likeness (QED) is 0.561. The van der Waals surface area contributed by atoms with Gasteiger partial charge in [0.05, 0.1) is 5.57 Å². The normalized spacial score (nSPS) is 9.24. The molecule has 0 aromatic heterocycles. The lowest BCUT2D eigenvalue weighted by atomic mass is 9.77. The first-order chi connectivity index (χ1) is 12.1. The van der Waals surface area contributed by atoms with Crippen LogP contribution in [0.25, 0.3) is 5.57 Å². The number of allylic oxidation sites excluding steroid dienone is 2. The van der Waals surface area contributed by atoms with E-state index < -0.39 is 7.12 Å². The van der Waals surface area contributed by atoms with Gasteiger partial charge in [-0.25, -0.2) is 0 Å². The molecule has 0 aliphatic heterocycles. The van der Waals surface area contributed by atoms with Crippen LogP contribution < -0.4 is 10.8 Å². The molecule has 3 N–H and O–H groups in total. The fraction of sp³-hybridized carbons (Fsp3) is 0.0556. The SMILES string of the molecule is N#CC(C#N)=C(C#N)c1ccc(NCc2ccccc2B(O)O)cc1. The van der Waals surface area contributed by atoms with Crippen molar-refractivity contribution in [2.75, 3.05) is 5.32 Å². The van der Waals surface area contributed by atoms with Gasteiger partial charge in [0.15, 0.2) is 0 Å². The molecular formula is C18H13BN4O2. The van der Waals surface area contributed by atoms with Crippen molar-refractivity contribution in [2.24, 2.45) is 0 Å². The van der Waals surface area contributed by atoms with Gasteiger partial charge in [-0.15, -0.1) is 0 Å². The minimum absolute atomic E-state index is 0.0327. The van der Waals surface area contributed by atoms with Gasteiger partial charge >= 0.3 is 7.12 Å². The van der Waals surface area contributed by atoms with E-state index >= 15 is 0 Å². The molecule has 0 atom stereocenters. The van der Waals surface area contributed by atoms with E-state index in [1.165, 1.54) is 0 Å². The Bertz CT molecular complexity index is 900. The Morgan fingerprint density at radius 2 is 1.56 bits per heavy atom. The number of rotatable bonds is 5. The summed E-state index contributed by atoms with van der Waals surface area (Å²) in [6, 6.07) is 19.0. The molecule has 0 spiro atoms. The average Bonchev–Trinajstić information content (AvgIpc) is 2.65. The summed E-state index contributed by atoms with van der Waals surface area (Å²) in [5.41, 5.74) is 2.21. The summed E-state index contributed by atoms with van der Waals surface area (Å²) in [5, 5.41) is 48.8. The second-order valence-corrected chi connectivity index (χ2v) is 5.09. The van der Waals surface area contributed by atoms with E-state index in [-0.39, 0.29) is 11.1 Å². The first kappa shape index (κ1) is 17.8. The molecule has 0 aliphatic carbocycles. The van der Waals surface area contributed by atoms with Crippen molar-refractivity contribution in [1.29, 1.82) is 15.8 Å². The minimum Gasteiger partial charge on any atom is -0.423 e.